The first-order valence-corrected chi connectivity index (χ1v) is 4.45. The SMILES string of the molecule is CCNC1CCN(CC(N)=O)C1=O. The standard InChI is InChI=1S/C8H15N3O2/c1-2-10-6-3-4-11(8(6)13)5-7(9)12/h6,10H,2-5H2,1H3,(H2,9,12). The number of likely N-dealkylation sites (tertiary alicyclic amines) is 1. The molecule has 1 rings (SSSR count). The van der Waals surface area contributed by atoms with E-state index in [0.29, 0.717) is 6.54 Å². The smallest absolute Gasteiger partial charge is 0.240 e. The van der Waals surface area contributed by atoms with Crippen molar-refractivity contribution in [3.8, 4) is 0 Å². The summed E-state index contributed by atoms with van der Waals surface area (Å²) in [5.74, 6) is -0.467. The molecular weight excluding hydrogens is 170 g/mol. The molecule has 1 unspecified atom stereocenters. The van der Waals surface area contributed by atoms with Crippen molar-refractivity contribution in [3.63, 3.8) is 0 Å². The van der Waals surface area contributed by atoms with Crippen LogP contribution in [-0.4, -0.2) is 42.4 Å². The summed E-state index contributed by atoms with van der Waals surface area (Å²) in [4.78, 5) is 23.6. The monoisotopic (exact) mass is 185 g/mol. The molecule has 0 aliphatic carbocycles. The summed E-state index contributed by atoms with van der Waals surface area (Å²) >= 11 is 0. The number of nitrogens with zero attached hydrogens (tertiary/aromatic N) is 1. The Morgan fingerprint density at radius 3 is 3.00 bits per heavy atom. The van der Waals surface area contributed by atoms with E-state index in [1.807, 2.05) is 6.92 Å². The minimum Gasteiger partial charge on any atom is -0.368 e. The second-order valence-electron chi connectivity index (χ2n) is 3.13. The Labute approximate surface area is 77.3 Å². The molecule has 1 heterocycles. The van der Waals surface area contributed by atoms with Crippen LogP contribution in [0.15, 0.2) is 0 Å². The maximum Gasteiger partial charge on any atom is 0.240 e. The van der Waals surface area contributed by atoms with E-state index in [2.05, 4.69) is 5.32 Å². The van der Waals surface area contributed by atoms with Crippen LogP contribution >= 0.6 is 0 Å². The van der Waals surface area contributed by atoms with E-state index < -0.39 is 5.91 Å². The van der Waals surface area contributed by atoms with Crippen LogP contribution in [0.3, 0.4) is 0 Å². The highest BCUT2D eigenvalue weighted by atomic mass is 16.2. The number of nitrogens with one attached hydrogen (secondary N) is 1. The number of nitrogens with two attached hydrogens (primary N) is 1. The average Bonchev–Trinajstić information content (AvgIpc) is 2.36. The molecule has 5 heteroatoms. The lowest BCUT2D eigenvalue weighted by molar-refractivity contribution is -0.133. The van der Waals surface area contributed by atoms with Crippen LogP contribution in [0.2, 0.25) is 0 Å². The number of rotatable bonds is 4. The van der Waals surface area contributed by atoms with Gasteiger partial charge in [0.25, 0.3) is 0 Å². The fourth-order valence-electron chi connectivity index (χ4n) is 1.52. The van der Waals surface area contributed by atoms with Crippen molar-refractivity contribution in [2.45, 2.75) is 19.4 Å². The Balaban J connectivity index is 2.45. The summed E-state index contributed by atoms with van der Waals surface area (Å²) in [5.41, 5.74) is 5.00. The maximum absolute atomic E-state index is 11.5. The second kappa shape index (κ2) is 4.23. The lowest BCUT2D eigenvalue weighted by atomic mass is 10.2. The molecule has 5 nitrogen and oxygen atoms in total. The van der Waals surface area contributed by atoms with E-state index in [-0.39, 0.29) is 18.5 Å². The topological polar surface area (TPSA) is 75.4 Å². The van der Waals surface area contributed by atoms with Crippen LogP contribution in [0.4, 0.5) is 0 Å². The van der Waals surface area contributed by atoms with Gasteiger partial charge < -0.3 is 16.0 Å². The third-order valence-electron chi connectivity index (χ3n) is 2.09. The summed E-state index contributed by atoms with van der Waals surface area (Å²) in [7, 11) is 0. The van der Waals surface area contributed by atoms with Crippen molar-refractivity contribution in [1.82, 2.24) is 10.2 Å². The molecule has 0 aromatic carbocycles. The van der Waals surface area contributed by atoms with Gasteiger partial charge in [-0.3, -0.25) is 9.59 Å². The minimum atomic E-state index is -0.453. The molecule has 1 aliphatic rings. The molecule has 2 amide bonds. The Morgan fingerprint density at radius 1 is 1.77 bits per heavy atom. The van der Waals surface area contributed by atoms with Gasteiger partial charge in [-0.1, -0.05) is 6.92 Å². The zero-order chi connectivity index (χ0) is 9.84. The zero-order valence-electron chi connectivity index (χ0n) is 7.75. The average molecular weight is 185 g/mol. The largest absolute Gasteiger partial charge is 0.368 e. The van der Waals surface area contributed by atoms with Crippen LogP contribution in [-0.2, 0) is 9.59 Å². The van der Waals surface area contributed by atoms with Gasteiger partial charge in [-0.15, -0.1) is 0 Å². The molecule has 1 atom stereocenters. The third-order valence-corrected chi connectivity index (χ3v) is 2.09. The van der Waals surface area contributed by atoms with Crippen LogP contribution < -0.4 is 11.1 Å². The van der Waals surface area contributed by atoms with Gasteiger partial charge in [-0.2, -0.15) is 0 Å². The Bertz CT molecular complexity index is 217. The van der Waals surface area contributed by atoms with Crippen molar-refractivity contribution < 1.29 is 9.59 Å². The van der Waals surface area contributed by atoms with Gasteiger partial charge in [0.15, 0.2) is 0 Å². The second-order valence-corrected chi connectivity index (χ2v) is 3.13. The number of carbonyl (C=O) groups excluding carboxylic acids is 2. The molecule has 0 spiro atoms. The van der Waals surface area contributed by atoms with Crippen molar-refractivity contribution in [1.29, 1.82) is 0 Å². The highest BCUT2D eigenvalue weighted by Crippen LogP contribution is 2.09. The normalized spacial score (nSPS) is 22.4. The molecule has 1 fully saturated rings. The van der Waals surface area contributed by atoms with Gasteiger partial charge in [0, 0.05) is 6.54 Å². The quantitative estimate of drug-likeness (QED) is 0.570. The molecular formula is C8H15N3O2. The minimum absolute atomic E-state index is 0.0133. The molecule has 3 N–H and O–H groups in total. The van der Waals surface area contributed by atoms with Crippen LogP contribution in [0.1, 0.15) is 13.3 Å². The number of amides is 2. The molecule has 13 heavy (non-hydrogen) atoms. The predicted molar refractivity (Wildman–Crippen MR) is 47.9 cm³/mol. The van der Waals surface area contributed by atoms with Crippen molar-refractivity contribution in [3.05, 3.63) is 0 Å². The van der Waals surface area contributed by atoms with Crippen molar-refractivity contribution >= 4 is 11.8 Å². The number of hydrogen-bond acceptors (Lipinski definition) is 3. The lowest BCUT2D eigenvalue weighted by Gasteiger charge is -2.14. The Hall–Kier alpha value is -1.10. The van der Waals surface area contributed by atoms with Crippen LogP contribution in [0.5, 0.6) is 0 Å². The fourth-order valence-corrected chi connectivity index (χ4v) is 1.52. The third kappa shape index (κ3) is 2.42. The summed E-state index contributed by atoms with van der Waals surface area (Å²) in [6.45, 7) is 3.38. The number of hydrogen-bond donors (Lipinski definition) is 2. The van der Waals surface area contributed by atoms with Crippen LogP contribution in [0, 0.1) is 0 Å². The Morgan fingerprint density at radius 2 is 2.46 bits per heavy atom. The molecule has 74 valence electrons. The van der Waals surface area contributed by atoms with E-state index >= 15 is 0 Å². The van der Waals surface area contributed by atoms with E-state index in [1.165, 1.54) is 4.90 Å². The molecule has 1 saturated heterocycles. The first-order valence-electron chi connectivity index (χ1n) is 4.45. The molecule has 0 radical (unpaired) electrons. The molecule has 0 bridgehead atoms. The molecule has 1 aliphatic heterocycles. The van der Waals surface area contributed by atoms with Crippen molar-refractivity contribution in [2.75, 3.05) is 19.6 Å². The van der Waals surface area contributed by atoms with Gasteiger partial charge >= 0.3 is 0 Å². The van der Waals surface area contributed by atoms with Gasteiger partial charge in [-0.05, 0) is 13.0 Å². The summed E-state index contributed by atoms with van der Waals surface area (Å²) < 4.78 is 0. The predicted octanol–water partition coefficient (Wildman–Crippen LogP) is -1.32. The maximum atomic E-state index is 11.5. The molecule has 0 aromatic heterocycles. The molecule has 0 aromatic rings. The van der Waals surface area contributed by atoms with E-state index in [0.717, 1.165) is 13.0 Å². The first-order chi connectivity index (χ1) is 6.15. The summed E-state index contributed by atoms with van der Waals surface area (Å²) in [6.07, 6.45) is 0.764. The van der Waals surface area contributed by atoms with E-state index in [1.54, 1.807) is 0 Å². The summed E-state index contributed by atoms with van der Waals surface area (Å²) in [5, 5.41) is 3.05. The highest BCUT2D eigenvalue weighted by molar-refractivity contribution is 5.88. The van der Waals surface area contributed by atoms with Gasteiger partial charge in [0.1, 0.15) is 0 Å². The van der Waals surface area contributed by atoms with Crippen molar-refractivity contribution in [2.24, 2.45) is 5.73 Å². The van der Waals surface area contributed by atoms with Gasteiger partial charge in [0.2, 0.25) is 11.8 Å². The van der Waals surface area contributed by atoms with E-state index in [9.17, 15) is 9.59 Å². The fraction of sp³-hybridized carbons (Fsp3) is 0.750. The number of likely N-dealkylation sites (N-methyl/N-ethyl adjacent to an activating group) is 1. The molecule has 0 saturated carbocycles. The first kappa shape index (κ1) is 9.98. The van der Waals surface area contributed by atoms with E-state index in [4.69, 9.17) is 5.73 Å². The number of carbonyl (C=O) groups is 2. The van der Waals surface area contributed by atoms with Gasteiger partial charge in [0.05, 0.1) is 12.6 Å². The zero-order valence-corrected chi connectivity index (χ0v) is 7.75. The van der Waals surface area contributed by atoms with Gasteiger partial charge in [-0.25, -0.2) is 0 Å². The Kier molecular flexibility index (Phi) is 3.25. The summed E-state index contributed by atoms with van der Waals surface area (Å²) in [6, 6.07) is -0.121. The highest BCUT2D eigenvalue weighted by Gasteiger charge is 2.31. The van der Waals surface area contributed by atoms with Crippen LogP contribution in [0.25, 0.3) is 0 Å². The lowest BCUT2D eigenvalue weighted by Crippen LogP contribution is -2.41. The number of primary amides is 1.